The van der Waals surface area contributed by atoms with Gasteiger partial charge in [0.2, 0.25) is 21.1 Å². The Hall–Kier alpha value is -1.73. The summed E-state index contributed by atoms with van der Waals surface area (Å²) in [6, 6.07) is 5.45. The summed E-state index contributed by atoms with van der Waals surface area (Å²) in [6.07, 6.45) is 2.31. The number of sulfonamides is 1. The number of carbonyl (C=O) groups is 1. The van der Waals surface area contributed by atoms with Crippen LogP contribution in [0.3, 0.4) is 0 Å². The van der Waals surface area contributed by atoms with Gasteiger partial charge in [0.25, 0.3) is 0 Å². The van der Waals surface area contributed by atoms with Crippen LogP contribution in [0.5, 0.6) is 0 Å². The monoisotopic (exact) mass is 483 g/mol. The highest BCUT2D eigenvalue weighted by molar-refractivity contribution is 8.02. The number of anilines is 2. The van der Waals surface area contributed by atoms with Gasteiger partial charge in [0.15, 0.2) is 4.34 Å². The van der Waals surface area contributed by atoms with Gasteiger partial charge in [-0.1, -0.05) is 29.2 Å². The molecule has 31 heavy (non-hydrogen) atoms. The van der Waals surface area contributed by atoms with E-state index in [2.05, 4.69) is 20.8 Å². The van der Waals surface area contributed by atoms with E-state index in [-0.39, 0.29) is 10.8 Å². The summed E-state index contributed by atoms with van der Waals surface area (Å²) in [6.45, 7) is 4.95. The molecule has 0 spiro atoms. The van der Waals surface area contributed by atoms with Crippen LogP contribution in [0.4, 0.5) is 10.8 Å². The average molecular weight is 484 g/mol. The normalized spacial score (nSPS) is 18.5. The van der Waals surface area contributed by atoms with Gasteiger partial charge in [-0.2, -0.15) is 4.31 Å². The molecule has 0 radical (unpaired) electrons. The highest BCUT2D eigenvalue weighted by atomic mass is 32.2. The van der Waals surface area contributed by atoms with E-state index in [1.54, 1.807) is 26.0 Å². The van der Waals surface area contributed by atoms with E-state index in [9.17, 15) is 13.2 Å². The number of thioether (sulfide) groups is 1. The van der Waals surface area contributed by atoms with Crippen LogP contribution in [0.15, 0.2) is 27.4 Å². The van der Waals surface area contributed by atoms with Crippen molar-refractivity contribution in [2.45, 2.75) is 47.2 Å². The third-order valence-corrected chi connectivity index (χ3v) is 9.08. The molecule has 1 amide bonds. The Morgan fingerprint density at radius 1 is 1.29 bits per heavy atom. The smallest absolute Gasteiger partial charge is 0.243 e. The van der Waals surface area contributed by atoms with Gasteiger partial charge >= 0.3 is 0 Å². The van der Waals surface area contributed by atoms with Crippen molar-refractivity contribution in [1.82, 2.24) is 14.5 Å². The second kappa shape index (κ2) is 9.41. The van der Waals surface area contributed by atoms with Gasteiger partial charge in [0, 0.05) is 24.8 Å². The summed E-state index contributed by atoms with van der Waals surface area (Å²) in [5.41, 5.74) is 1.08. The molecule has 1 aliphatic heterocycles. The summed E-state index contributed by atoms with van der Waals surface area (Å²) in [5.74, 6) is -0.226. The lowest BCUT2D eigenvalue weighted by atomic mass is 10.2. The van der Waals surface area contributed by atoms with Crippen molar-refractivity contribution in [2.75, 3.05) is 36.9 Å². The van der Waals surface area contributed by atoms with Crippen molar-refractivity contribution in [2.24, 2.45) is 0 Å². The fourth-order valence-corrected chi connectivity index (χ4v) is 6.68. The fraction of sp³-hybridized carbons (Fsp3) is 0.526. The first kappa shape index (κ1) is 22.5. The maximum atomic E-state index is 13.0. The minimum absolute atomic E-state index is 0.201. The number of hydrogen-bond acceptors (Lipinski definition) is 9. The SMILES string of the molecule is Cc1ccc(NC(=O)[C@H](C)Sc2nnc(NC3CC3)s2)cc1S(=O)(=O)N1CCOCC1. The number of nitrogens with one attached hydrogen (secondary N) is 2. The second-order valence-corrected chi connectivity index (χ2v) is 12.0. The number of hydrogen-bond donors (Lipinski definition) is 2. The molecule has 1 saturated carbocycles. The molecule has 2 aliphatic rings. The van der Waals surface area contributed by atoms with E-state index in [0.717, 1.165) is 18.0 Å². The molecule has 168 valence electrons. The molecule has 1 aromatic heterocycles. The molecular formula is C19H25N5O4S3. The van der Waals surface area contributed by atoms with Gasteiger partial charge in [0.1, 0.15) is 0 Å². The molecule has 12 heteroatoms. The zero-order valence-electron chi connectivity index (χ0n) is 17.3. The van der Waals surface area contributed by atoms with Crippen LogP contribution < -0.4 is 10.6 Å². The van der Waals surface area contributed by atoms with Crippen molar-refractivity contribution < 1.29 is 17.9 Å². The third kappa shape index (κ3) is 5.55. The summed E-state index contributed by atoms with van der Waals surface area (Å²) in [7, 11) is -3.65. The molecule has 1 aliphatic carbocycles. The molecule has 1 aromatic carbocycles. The maximum absolute atomic E-state index is 13.0. The molecular weight excluding hydrogens is 458 g/mol. The molecule has 4 rings (SSSR count). The van der Waals surface area contributed by atoms with Crippen LogP contribution in [-0.2, 0) is 19.6 Å². The van der Waals surface area contributed by atoms with E-state index >= 15 is 0 Å². The Morgan fingerprint density at radius 2 is 2.03 bits per heavy atom. The summed E-state index contributed by atoms with van der Waals surface area (Å²) in [4.78, 5) is 12.9. The Kier molecular flexibility index (Phi) is 6.82. The lowest BCUT2D eigenvalue weighted by molar-refractivity contribution is -0.115. The Balaban J connectivity index is 1.41. The van der Waals surface area contributed by atoms with Crippen LogP contribution in [0.25, 0.3) is 0 Å². The van der Waals surface area contributed by atoms with Crippen molar-refractivity contribution in [3.8, 4) is 0 Å². The number of aryl methyl sites for hydroxylation is 1. The first-order valence-electron chi connectivity index (χ1n) is 10.1. The van der Waals surface area contributed by atoms with Gasteiger partial charge in [-0.05, 0) is 44.4 Å². The van der Waals surface area contributed by atoms with E-state index in [1.807, 2.05) is 0 Å². The number of aromatic nitrogens is 2. The lowest BCUT2D eigenvalue weighted by Gasteiger charge is -2.27. The number of benzene rings is 1. The zero-order valence-corrected chi connectivity index (χ0v) is 19.8. The minimum Gasteiger partial charge on any atom is -0.379 e. The van der Waals surface area contributed by atoms with E-state index in [1.165, 1.54) is 33.5 Å². The highest BCUT2D eigenvalue weighted by Gasteiger charge is 2.28. The number of morpholine rings is 1. The molecule has 0 bridgehead atoms. The first-order valence-corrected chi connectivity index (χ1v) is 13.2. The fourth-order valence-electron chi connectivity index (χ4n) is 3.05. The van der Waals surface area contributed by atoms with Gasteiger partial charge < -0.3 is 15.4 Å². The quantitative estimate of drug-likeness (QED) is 0.551. The Labute approximate surface area is 190 Å². The predicted octanol–water partition coefficient (Wildman–Crippen LogP) is 2.56. The Bertz CT molecular complexity index is 1050. The third-order valence-electron chi connectivity index (χ3n) is 5.00. The number of carbonyl (C=O) groups excluding carboxylic acids is 1. The Morgan fingerprint density at radius 3 is 2.74 bits per heavy atom. The number of rotatable bonds is 8. The van der Waals surface area contributed by atoms with Crippen molar-refractivity contribution in [3.63, 3.8) is 0 Å². The largest absolute Gasteiger partial charge is 0.379 e. The summed E-state index contributed by atoms with van der Waals surface area (Å²) < 4.78 is 33.5. The van der Waals surface area contributed by atoms with Gasteiger partial charge in [-0.15, -0.1) is 10.2 Å². The van der Waals surface area contributed by atoms with Crippen LogP contribution in [0, 0.1) is 6.92 Å². The maximum Gasteiger partial charge on any atom is 0.243 e. The lowest BCUT2D eigenvalue weighted by Crippen LogP contribution is -2.40. The van der Waals surface area contributed by atoms with Crippen LogP contribution in [0.2, 0.25) is 0 Å². The van der Waals surface area contributed by atoms with Gasteiger partial charge in [-0.25, -0.2) is 8.42 Å². The van der Waals surface area contributed by atoms with Crippen LogP contribution in [-0.4, -0.2) is 66.4 Å². The first-order chi connectivity index (χ1) is 14.8. The van der Waals surface area contributed by atoms with Crippen molar-refractivity contribution >= 4 is 49.8 Å². The van der Waals surface area contributed by atoms with E-state index in [4.69, 9.17) is 4.74 Å². The predicted molar refractivity (Wildman–Crippen MR) is 121 cm³/mol. The van der Waals surface area contributed by atoms with E-state index < -0.39 is 15.3 Å². The van der Waals surface area contributed by atoms with Crippen LogP contribution >= 0.6 is 23.1 Å². The van der Waals surface area contributed by atoms with Crippen LogP contribution in [0.1, 0.15) is 25.3 Å². The molecule has 2 aromatic rings. The molecule has 2 N–H and O–H groups in total. The average Bonchev–Trinajstić information content (AvgIpc) is 3.47. The number of ether oxygens (including phenoxy) is 1. The zero-order chi connectivity index (χ0) is 22.0. The van der Waals surface area contributed by atoms with Crippen molar-refractivity contribution in [3.05, 3.63) is 23.8 Å². The van der Waals surface area contributed by atoms with Gasteiger partial charge in [0.05, 0.1) is 23.4 Å². The second-order valence-electron chi connectivity index (χ2n) is 7.54. The highest BCUT2D eigenvalue weighted by Crippen LogP contribution is 2.32. The summed E-state index contributed by atoms with van der Waals surface area (Å²) >= 11 is 2.76. The molecule has 2 heterocycles. The standard InChI is InChI=1S/C19H25N5O4S3/c1-12-3-4-15(11-16(12)31(26,27)24-7-9-28-10-8-24)20-17(25)13(2)29-19-23-22-18(30-19)21-14-5-6-14/h3-4,11,13-14H,5-10H2,1-2H3,(H,20,25)(H,21,22)/t13-/m0/s1. The molecule has 1 atom stereocenters. The topological polar surface area (TPSA) is 114 Å². The number of amides is 1. The minimum atomic E-state index is -3.65. The number of nitrogens with zero attached hydrogens (tertiary/aromatic N) is 3. The molecule has 9 nitrogen and oxygen atoms in total. The van der Waals surface area contributed by atoms with Gasteiger partial charge in [-0.3, -0.25) is 4.79 Å². The van der Waals surface area contributed by atoms with E-state index in [0.29, 0.717) is 47.9 Å². The molecule has 2 fully saturated rings. The molecule has 1 saturated heterocycles. The molecule has 0 unspecified atom stereocenters. The van der Waals surface area contributed by atoms with Crippen molar-refractivity contribution in [1.29, 1.82) is 0 Å². The summed E-state index contributed by atoms with van der Waals surface area (Å²) in [5, 5.41) is 14.7.